The van der Waals surface area contributed by atoms with Gasteiger partial charge in [0.25, 0.3) is 0 Å². The minimum absolute atomic E-state index is 0.117. The first-order chi connectivity index (χ1) is 31.8. The second kappa shape index (κ2) is 50.7. The van der Waals surface area contributed by atoms with Crippen LogP contribution in [0.2, 0.25) is 0 Å². The maximum absolute atomic E-state index is 12.8. The van der Waals surface area contributed by atoms with Crippen molar-refractivity contribution >= 4 is 17.9 Å². The van der Waals surface area contributed by atoms with Crippen molar-refractivity contribution in [1.82, 2.24) is 0 Å². The van der Waals surface area contributed by atoms with Gasteiger partial charge in [-0.25, -0.2) is 0 Å². The van der Waals surface area contributed by atoms with E-state index in [9.17, 15) is 24.6 Å². The highest BCUT2D eigenvalue weighted by molar-refractivity contribution is 5.71. The Hall–Kier alpha value is -2.71. The van der Waals surface area contributed by atoms with Gasteiger partial charge in [0, 0.05) is 19.3 Å². The number of hydrogen-bond acceptors (Lipinski definition) is 8. The number of rotatable bonds is 49. The second-order valence-electron chi connectivity index (χ2n) is 18.5. The Morgan fingerprint density at radius 2 is 0.708 bits per heavy atom. The van der Waals surface area contributed by atoms with E-state index in [4.69, 9.17) is 14.2 Å². The number of esters is 3. The summed E-state index contributed by atoms with van der Waals surface area (Å²) in [5.41, 5.74) is 0. The zero-order valence-electron chi connectivity index (χ0n) is 42.5. The van der Waals surface area contributed by atoms with Gasteiger partial charge in [-0.1, -0.05) is 191 Å². The predicted molar refractivity (Wildman–Crippen MR) is 273 cm³/mol. The van der Waals surface area contributed by atoms with Crippen molar-refractivity contribution in [2.24, 2.45) is 0 Å². The van der Waals surface area contributed by atoms with Crippen molar-refractivity contribution in [2.45, 2.75) is 283 Å². The molecule has 2 N–H and O–H groups in total. The quantitative estimate of drug-likeness (QED) is 0.0268. The number of ether oxygens (including phenoxy) is 3. The molecule has 0 spiro atoms. The van der Waals surface area contributed by atoms with E-state index in [0.717, 1.165) is 161 Å². The molecule has 0 aliphatic rings. The highest BCUT2D eigenvalue weighted by atomic mass is 16.6. The molecule has 0 fully saturated rings. The van der Waals surface area contributed by atoms with Crippen molar-refractivity contribution in [1.29, 1.82) is 0 Å². The van der Waals surface area contributed by atoms with Crippen molar-refractivity contribution in [3.63, 3.8) is 0 Å². The lowest BCUT2D eigenvalue weighted by Crippen LogP contribution is -2.30. The van der Waals surface area contributed by atoms with E-state index >= 15 is 0 Å². The number of carbonyl (C=O) groups is 3. The number of aliphatic hydroxyl groups is 2. The van der Waals surface area contributed by atoms with Crippen LogP contribution in [0, 0.1) is 0 Å². The smallest absolute Gasteiger partial charge is 0.306 e. The molecule has 0 amide bonds. The van der Waals surface area contributed by atoms with Crippen molar-refractivity contribution < 1.29 is 38.8 Å². The summed E-state index contributed by atoms with van der Waals surface area (Å²) in [4.78, 5) is 38.1. The summed E-state index contributed by atoms with van der Waals surface area (Å²) in [5, 5.41) is 20.2. The van der Waals surface area contributed by atoms with Crippen LogP contribution in [0.4, 0.5) is 0 Å². The van der Waals surface area contributed by atoms with Gasteiger partial charge in [0.2, 0.25) is 0 Å². The Bertz CT molecular complexity index is 1180. The summed E-state index contributed by atoms with van der Waals surface area (Å²) < 4.78 is 16.8. The lowest BCUT2D eigenvalue weighted by molar-refractivity contribution is -0.167. The standard InChI is InChI=1S/C57H102O8/c1-4-7-10-13-14-15-16-17-18-19-20-21-28-33-40-47-55(60)63-50-54(65-57(62)49-42-35-30-25-23-27-32-39-46-53(59)44-37-12-9-6-3)51-64-56(61)48-41-34-29-24-22-26-31-38-45-52(58)43-36-11-8-5-2/h14-15,17-18,31-32,38-39,52-54,58-59H,4-13,16,19-30,33-37,40-51H2,1-3H3/b15-14-,18-17-,38-31-,39-32-/t52-,53-,54+/m1/s1. The molecule has 0 rings (SSSR count). The Morgan fingerprint density at radius 1 is 0.385 bits per heavy atom. The maximum atomic E-state index is 12.8. The molecule has 0 bridgehead atoms. The summed E-state index contributed by atoms with van der Waals surface area (Å²) in [6.07, 6.45) is 54.1. The van der Waals surface area contributed by atoms with Crippen LogP contribution >= 0.6 is 0 Å². The van der Waals surface area contributed by atoms with Gasteiger partial charge >= 0.3 is 17.9 Å². The Kier molecular flexibility index (Phi) is 48.6. The summed E-state index contributed by atoms with van der Waals surface area (Å²) in [5.74, 6) is -1.00. The van der Waals surface area contributed by atoms with E-state index < -0.39 is 6.10 Å². The van der Waals surface area contributed by atoms with Crippen LogP contribution in [0.25, 0.3) is 0 Å². The van der Waals surface area contributed by atoms with Crippen LogP contribution in [0.1, 0.15) is 265 Å². The molecule has 0 aromatic carbocycles. The van der Waals surface area contributed by atoms with E-state index in [1.807, 2.05) is 0 Å². The molecule has 0 radical (unpaired) electrons. The van der Waals surface area contributed by atoms with E-state index in [0.29, 0.717) is 12.8 Å². The molecule has 0 unspecified atom stereocenters. The molecule has 0 aliphatic carbocycles. The SMILES string of the molecule is CCCCC/C=C\C/C=C\CCCCCCCC(=O)OC[C@@H](COC(=O)CCCCCCC/C=C\C[C@H](O)CCCCCC)OC(=O)CCCCCCC/C=C\C[C@H](O)CCCCCC. The molecule has 8 nitrogen and oxygen atoms in total. The lowest BCUT2D eigenvalue weighted by atomic mass is 10.1. The van der Waals surface area contributed by atoms with Gasteiger partial charge < -0.3 is 24.4 Å². The summed E-state index contributed by atoms with van der Waals surface area (Å²) in [6, 6.07) is 0. The van der Waals surface area contributed by atoms with Crippen LogP contribution < -0.4 is 0 Å². The minimum Gasteiger partial charge on any atom is -0.462 e. The van der Waals surface area contributed by atoms with Crippen LogP contribution in [-0.4, -0.2) is 59.6 Å². The molecule has 8 heteroatoms. The highest BCUT2D eigenvalue weighted by Gasteiger charge is 2.19. The molecule has 0 aromatic rings. The van der Waals surface area contributed by atoms with Crippen molar-refractivity contribution in [2.75, 3.05) is 13.2 Å². The summed E-state index contributed by atoms with van der Waals surface area (Å²) in [7, 11) is 0. The van der Waals surface area contributed by atoms with E-state index in [1.54, 1.807) is 0 Å². The molecule has 3 atom stereocenters. The van der Waals surface area contributed by atoms with Crippen LogP contribution in [0.15, 0.2) is 48.6 Å². The van der Waals surface area contributed by atoms with Crippen LogP contribution in [0.5, 0.6) is 0 Å². The van der Waals surface area contributed by atoms with Crippen molar-refractivity contribution in [3.8, 4) is 0 Å². The van der Waals surface area contributed by atoms with Crippen molar-refractivity contribution in [3.05, 3.63) is 48.6 Å². The molecule has 65 heavy (non-hydrogen) atoms. The Balaban J connectivity index is 4.49. The second-order valence-corrected chi connectivity index (χ2v) is 18.5. The maximum Gasteiger partial charge on any atom is 0.306 e. The average molecular weight is 915 g/mol. The fraction of sp³-hybridized carbons (Fsp3) is 0.807. The number of carbonyl (C=O) groups excluding carboxylic acids is 3. The third-order valence-corrected chi connectivity index (χ3v) is 11.9. The zero-order valence-corrected chi connectivity index (χ0v) is 42.5. The average Bonchev–Trinajstić information content (AvgIpc) is 3.30. The first-order valence-electron chi connectivity index (χ1n) is 27.3. The minimum atomic E-state index is -0.822. The summed E-state index contributed by atoms with van der Waals surface area (Å²) >= 11 is 0. The van der Waals surface area contributed by atoms with Crippen LogP contribution in [-0.2, 0) is 28.6 Å². The molecule has 0 aromatic heterocycles. The number of unbranched alkanes of at least 4 members (excludes halogenated alkanes) is 24. The third kappa shape index (κ3) is 49.0. The zero-order chi connectivity index (χ0) is 47.5. The van der Waals surface area contributed by atoms with Gasteiger partial charge in [-0.15, -0.1) is 0 Å². The summed E-state index contributed by atoms with van der Waals surface area (Å²) in [6.45, 7) is 6.39. The van der Waals surface area contributed by atoms with E-state index in [-0.39, 0.29) is 49.8 Å². The lowest BCUT2D eigenvalue weighted by Gasteiger charge is -2.18. The molecule has 0 heterocycles. The van der Waals surface area contributed by atoms with Gasteiger partial charge in [-0.05, 0) is 103 Å². The van der Waals surface area contributed by atoms with Gasteiger partial charge in [0.05, 0.1) is 12.2 Å². The molecule has 0 aliphatic heterocycles. The Labute approximate surface area is 400 Å². The highest BCUT2D eigenvalue weighted by Crippen LogP contribution is 2.15. The number of hydrogen-bond donors (Lipinski definition) is 2. The molecule has 0 saturated heterocycles. The number of aliphatic hydroxyl groups excluding tert-OH is 2. The monoisotopic (exact) mass is 915 g/mol. The van der Waals surface area contributed by atoms with Gasteiger partial charge in [-0.3, -0.25) is 14.4 Å². The van der Waals surface area contributed by atoms with E-state index in [1.165, 1.54) is 64.2 Å². The predicted octanol–water partition coefficient (Wildman–Crippen LogP) is 15.8. The van der Waals surface area contributed by atoms with Crippen LogP contribution in [0.3, 0.4) is 0 Å². The van der Waals surface area contributed by atoms with E-state index in [2.05, 4.69) is 69.4 Å². The normalized spacial score (nSPS) is 13.4. The number of allylic oxidation sites excluding steroid dienone is 6. The molecular weight excluding hydrogens is 813 g/mol. The Morgan fingerprint density at radius 3 is 1.12 bits per heavy atom. The van der Waals surface area contributed by atoms with Gasteiger partial charge in [0.15, 0.2) is 6.10 Å². The first kappa shape index (κ1) is 62.3. The topological polar surface area (TPSA) is 119 Å². The fourth-order valence-corrected chi connectivity index (χ4v) is 7.67. The molecule has 378 valence electrons. The largest absolute Gasteiger partial charge is 0.462 e. The molecular formula is C57H102O8. The molecule has 0 saturated carbocycles. The first-order valence-corrected chi connectivity index (χ1v) is 27.3. The third-order valence-electron chi connectivity index (χ3n) is 11.9. The van der Waals surface area contributed by atoms with Gasteiger partial charge in [0.1, 0.15) is 13.2 Å². The van der Waals surface area contributed by atoms with Gasteiger partial charge in [-0.2, -0.15) is 0 Å². The fourth-order valence-electron chi connectivity index (χ4n) is 7.67.